The lowest BCUT2D eigenvalue weighted by atomic mass is 9.99. The number of esters is 1. The fourth-order valence-corrected chi connectivity index (χ4v) is 6.89. The van der Waals surface area contributed by atoms with E-state index in [9.17, 15) is 25.2 Å². The first kappa shape index (κ1) is 49.9. The number of aliphatic hydroxyl groups excluding tert-OH is 4. The highest BCUT2D eigenvalue weighted by atomic mass is 16.7. The van der Waals surface area contributed by atoms with Gasteiger partial charge in [-0.2, -0.15) is 0 Å². The topological polar surface area (TPSA) is 135 Å². The van der Waals surface area contributed by atoms with Crippen LogP contribution < -0.4 is 0 Å². The Bertz CT molecular complexity index is 823. The summed E-state index contributed by atoms with van der Waals surface area (Å²) in [6, 6.07) is 0. The van der Waals surface area contributed by atoms with Gasteiger partial charge in [-0.15, -0.1) is 0 Å². The molecular formula is C44H84O9. The van der Waals surface area contributed by atoms with Gasteiger partial charge in [0.05, 0.1) is 19.8 Å². The first-order valence-electron chi connectivity index (χ1n) is 22.3. The van der Waals surface area contributed by atoms with Crippen molar-refractivity contribution < 1.29 is 44.2 Å². The number of allylic oxidation sites excluding steroid dienone is 2. The summed E-state index contributed by atoms with van der Waals surface area (Å²) < 4.78 is 22.8. The molecule has 0 bridgehead atoms. The molecule has 0 radical (unpaired) electrons. The number of hydrogen-bond acceptors (Lipinski definition) is 9. The number of aliphatic hydroxyl groups is 4. The van der Waals surface area contributed by atoms with Crippen LogP contribution in [0.25, 0.3) is 0 Å². The van der Waals surface area contributed by atoms with E-state index < -0.39 is 43.4 Å². The van der Waals surface area contributed by atoms with Gasteiger partial charge in [-0.25, -0.2) is 0 Å². The molecule has 6 atom stereocenters. The Morgan fingerprint density at radius 1 is 0.585 bits per heavy atom. The predicted molar refractivity (Wildman–Crippen MR) is 215 cm³/mol. The predicted octanol–water partition coefficient (Wildman–Crippen LogP) is 9.64. The molecule has 4 N–H and O–H groups in total. The van der Waals surface area contributed by atoms with Crippen molar-refractivity contribution in [3.63, 3.8) is 0 Å². The third-order valence-electron chi connectivity index (χ3n) is 10.4. The van der Waals surface area contributed by atoms with Gasteiger partial charge >= 0.3 is 5.97 Å². The summed E-state index contributed by atoms with van der Waals surface area (Å²) >= 11 is 0. The monoisotopic (exact) mass is 757 g/mol. The third kappa shape index (κ3) is 28.1. The molecule has 1 rings (SSSR count). The van der Waals surface area contributed by atoms with E-state index in [1.807, 2.05) is 0 Å². The summed E-state index contributed by atoms with van der Waals surface area (Å²) in [5.74, 6) is -0.321. The van der Waals surface area contributed by atoms with Crippen molar-refractivity contribution in [2.75, 3.05) is 26.4 Å². The lowest BCUT2D eigenvalue weighted by molar-refractivity contribution is -0.305. The zero-order valence-electron chi connectivity index (χ0n) is 34.3. The normalized spacial score (nSPS) is 21.1. The zero-order chi connectivity index (χ0) is 38.6. The first-order valence-corrected chi connectivity index (χ1v) is 22.3. The molecule has 1 saturated heterocycles. The minimum absolute atomic E-state index is 0.112. The molecule has 314 valence electrons. The van der Waals surface area contributed by atoms with Crippen LogP contribution in [0.4, 0.5) is 0 Å². The molecule has 0 saturated carbocycles. The number of carbonyl (C=O) groups excluding carboxylic acids is 1. The molecule has 1 fully saturated rings. The van der Waals surface area contributed by atoms with Gasteiger partial charge in [0.2, 0.25) is 0 Å². The average molecular weight is 757 g/mol. The van der Waals surface area contributed by atoms with Gasteiger partial charge in [0, 0.05) is 13.0 Å². The second-order valence-corrected chi connectivity index (χ2v) is 15.5. The minimum Gasteiger partial charge on any atom is -0.457 e. The molecule has 1 aliphatic rings. The summed E-state index contributed by atoms with van der Waals surface area (Å²) in [5, 5.41) is 40.0. The first-order chi connectivity index (χ1) is 25.9. The lowest BCUT2D eigenvalue weighted by Gasteiger charge is -2.39. The fourth-order valence-electron chi connectivity index (χ4n) is 6.89. The van der Waals surface area contributed by atoms with E-state index in [1.54, 1.807) is 0 Å². The number of unbranched alkanes of at least 4 members (excludes halogenated alkanes) is 25. The average Bonchev–Trinajstić information content (AvgIpc) is 3.16. The molecule has 53 heavy (non-hydrogen) atoms. The molecule has 6 unspecified atom stereocenters. The number of rotatable bonds is 38. The Morgan fingerprint density at radius 2 is 1.06 bits per heavy atom. The smallest absolute Gasteiger partial charge is 0.306 e. The molecule has 9 heteroatoms. The minimum atomic E-state index is -1.53. The van der Waals surface area contributed by atoms with Gasteiger partial charge in [-0.05, 0) is 32.1 Å². The van der Waals surface area contributed by atoms with E-state index >= 15 is 0 Å². The highest BCUT2D eigenvalue weighted by Gasteiger charge is 2.44. The largest absolute Gasteiger partial charge is 0.457 e. The van der Waals surface area contributed by atoms with Crippen LogP contribution in [0.5, 0.6) is 0 Å². The maximum Gasteiger partial charge on any atom is 0.306 e. The van der Waals surface area contributed by atoms with Crippen molar-refractivity contribution in [3.8, 4) is 0 Å². The Kier molecular flexibility index (Phi) is 34.5. The van der Waals surface area contributed by atoms with Crippen molar-refractivity contribution in [1.29, 1.82) is 0 Å². The van der Waals surface area contributed by atoms with Gasteiger partial charge in [-0.1, -0.05) is 174 Å². The van der Waals surface area contributed by atoms with Crippen LogP contribution in [0.1, 0.15) is 200 Å². The van der Waals surface area contributed by atoms with Crippen LogP contribution in [-0.4, -0.2) is 89.6 Å². The molecule has 0 spiro atoms. The Balaban J connectivity index is 2.22. The molecule has 1 heterocycles. The maximum atomic E-state index is 12.7. The van der Waals surface area contributed by atoms with Crippen LogP contribution in [0.3, 0.4) is 0 Å². The zero-order valence-corrected chi connectivity index (χ0v) is 34.3. The van der Waals surface area contributed by atoms with Crippen LogP contribution >= 0.6 is 0 Å². The number of carbonyl (C=O) groups is 1. The standard InChI is InChI=1S/C44H84O9/c1-3-5-7-9-11-13-15-16-17-18-19-20-21-22-24-26-28-30-32-34-50-36-38(37-51-44-43(49)42(48)41(47)39(35-45)53-44)52-40(46)33-31-29-27-25-23-14-12-10-8-6-4-2/h10,12,38-39,41-45,47-49H,3-9,11,13-37H2,1-2H3/b12-10-. The summed E-state index contributed by atoms with van der Waals surface area (Å²) in [5.41, 5.74) is 0. The second kappa shape index (κ2) is 36.6. The molecule has 0 aliphatic carbocycles. The van der Waals surface area contributed by atoms with E-state index in [-0.39, 0.29) is 19.2 Å². The molecule has 0 amide bonds. The molecule has 0 aromatic heterocycles. The summed E-state index contributed by atoms with van der Waals surface area (Å²) in [6.07, 6.45) is 32.4. The van der Waals surface area contributed by atoms with Crippen LogP contribution in [0.15, 0.2) is 12.2 Å². The van der Waals surface area contributed by atoms with Crippen molar-refractivity contribution >= 4 is 5.97 Å². The van der Waals surface area contributed by atoms with E-state index in [4.69, 9.17) is 18.9 Å². The number of hydrogen-bond donors (Lipinski definition) is 4. The van der Waals surface area contributed by atoms with Crippen LogP contribution in [0, 0.1) is 0 Å². The van der Waals surface area contributed by atoms with Gasteiger partial charge in [0.25, 0.3) is 0 Å². The van der Waals surface area contributed by atoms with E-state index in [0.29, 0.717) is 13.0 Å². The highest BCUT2D eigenvalue weighted by molar-refractivity contribution is 5.69. The van der Waals surface area contributed by atoms with Crippen LogP contribution in [0.2, 0.25) is 0 Å². The summed E-state index contributed by atoms with van der Waals surface area (Å²) in [4.78, 5) is 12.7. The molecule has 0 aromatic rings. The van der Waals surface area contributed by atoms with Crippen molar-refractivity contribution in [2.45, 2.75) is 237 Å². The molecule has 0 aromatic carbocycles. The number of ether oxygens (including phenoxy) is 4. The van der Waals surface area contributed by atoms with Gasteiger partial charge in [0.15, 0.2) is 6.29 Å². The molecule has 1 aliphatic heterocycles. The van der Waals surface area contributed by atoms with Gasteiger partial charge in [-0.3, -0.25) is 4.79 Å². The van der Waals surface area contributed by atoms with E-state index in [1.165, 1.54) is 128 Å². The summed E-state index contributed by atoms with van der Waals surface area (Å²) in [6.45, 7) is 4.54. The Labute approximate surface area is 325 Å². The van der Waals surface area contributed by atoms with E-state index in [0.717, 1.165) is 51.4 Å². The quantitative estimate of drug-likeness (QED) is 0.0276. The summed E-state index contributed by atoms with van der Waals surface area (Å²) in [7, 11) is 0. The SMILES string of the molecule is CCCC/C=C\CCCCCCCC(=O)OC(COCCCCCCCCCCCCCCCCCCCCC)COC1OC(CO)C(O)C(O)C1O. The Hall–Kier alpha value is -1.07. The van der Waals surface area contributed by atoms with Crippen molar-refractivity contribution in [1.82, 2.24) is 0 Å². The van der Waals surface area contributed by atoms with Crippen molar-refractivity contribution in [2.24, 2.45) is 0 Å². The third-order valence-corrected chi connectivity index (χ3v) is 10.4. The van der Waals surface area contributed by atoms with Gasteiger partial charge in [0.1, 0.15) is 30.5 Å². The highest BCUT2D eigenvalue weighted by Crippen LogP contribution is 2.23. The lowest BCUT2D eigenvalue weighted by Crippen LogP contribution is -2.59. The maximum absolute atomic E-state index is 12.7. The fraction of sp³-hybridized carbons (Fsp3) is 0.932. The van der Waals surface area contributed by atoms with Gasteiger partial charge < -0.3 is 39.4 Å². The van der Waals surface area contributed by atoms with Crippen LogP contribution in [-0.2, 0) is 23.7 Å². The molecular weight excluding hydrogens is 672 g/mol. The molecule has 9 nitrogen and oxygen atoms in total. The Morgan fingerprint density at radius 3 is 1.58 bits per heavy atom. The van der Waals surface area contributed by atoms with E-state index in [2.05, 4.69) is 26.0 Å². The second-order valence-electron chi connectivity index (χ2n) is 15.5. The van der Waals surface area contributed by atoms with Crippen molar-refractivity contribution in [3.05, 3.63) is 12.2 Å².